The van der Waals surface area contributed by atoms with Gasteiger partial charge in [-0.25, -0.2) is 0 Å². The number of methoxy groups -OCH3 is 1. The average Bonchev–Trinajstić information content (AvgIpc) is 2.57. The lowest BCUT2D eigenvalue weighted by Gasteiger charge is -2.21. The van der Waals surface area contributed by atoms with E-state index in [0.717, 1.165) is 0 Å². The lowest BCUT2D eigenvalue weighted by Crippen LogP contribution is -2.38. The number of amides is 1. The van der Waals surface area contributed by atoms with Crippen LogP contribution in [-0.2, 0) is 19.1 Å². The van der Waals surface area contributed by atoms with Gasteiger partial charge in [-0.1, -0.05) is 23.2 Å². The standard InChI is InChI=1S/C17H23Cl2NO5/c1-3-24-17(22)12-20(8-10-23-2)16(21)5-4-9-25-15-7-6-13(18)11-14(15)19/h6-7,11H,3-5,8-10,12H2,1-2H3. The summed E-state index contributed by atoms with van der Waals surface area (Å²) in [6, 6.07) is 4.95. The number of benzene rings is 1. The third-order valence-corrected chi connectivity index (χ3v) is 3.76. The Labute approximate surface area is 157 Å². The molecule has 25 heavy (non-hydrogen) atoms. The highest BCUT2D eigenvalue weighted by Gasteiger charge is 2.17. The summed E-state index contributed by atoms with van der Waals surface area (Å²) in [7, 11) is 1.54. The molecule has 0 saturated carbocycles. The number of carbonyl (C=O) groups is 2. The lowest BCUT2D eigenvalue weighted by atomic mass is 10.2. The molecule has 1 aromatic rings. The van der Waals surface area contributed by atoms with Crippen LogP contribution < -0.4 is 4.74 Å². The zero-order valence-electron chi connectivity index (χ0n) is 14.4. The predicted molar refractivity (Wildman–Crippen MR) is 96.3 cm³/mol. The monoisotopic (exact) mass is 391 g/mol. The molecule has 0 bridgehead atoms. The van der Waals surface area contributed by atoms with Gasteiger partial charge in [-0.05, 0) is 31.5 Å². The van der Waals surface area contributed by atoms with Gasteiger partial charge in [0.25, 0.3) is 0 Å². The molecule has 1 amide bonds. The van der Waals surface area contributed by atoms with Gasteiger partial charge >= 0.3 is 5.97 Å². The summed E-state index contributed by atoms with van der Waals surface area (Å²) in [4.78, 5) is 25.3. The van der Waals surface area contributed by atoms with Crippen LogP contribution in [0.25, 0.3) is 0 Å². The largest absolute Gasteiger partial charge is 0.492 e. The van der Waals surface area contributed by atoms with Gasteiger partial charge < -0.3 is 19.1 Å². The Morgan fingerprint density at radius 2 is 1.96 bits per heavy atom. The van der Waals surface area contributed by atoms with E-state index >= 15 is 0 Å². The molecule has 0 fully saturated rings. The Bertz CT molecular complexity index is 568. The summed E-state index contributed by atoms with van der Waals surface area (Å²) < 4.78 is 15.4. The summed E-state index contributed by atoms with van der Waals surface area (Å²) in [5.74, 6) is -0.0756. The van der Waals surface area contributed by atoms with Crippen molar-refractivity contribution >= 4 is 35.1 Å². The zero-order chi connectivity index (χ0) is 18.7. The van der Waals surface area contributed by atoms with Crippen molar-refractivity contribution in [3.05, 3.63) is 28.2 Å². The average molecular weight is 392 g/mol. The minimum atomic E-state index is -0.434. The molecule has 6 nitrogen and oxygen atoms in total. The second-order valence-corrected chi connectivity index (χ2v) is 5.98. The van der Waals surface area contributed by atoms with Crippen molar-refractivity contribution in [2.45, 2.75) is 19.8 Å². The minimum absolute atomic E-state index is 0.0834. The Morgan fingerprint density at radius 3 is 2.60 bits per heavy atom. The molecular formula is C17H23Cl2NO5. The van der Waals surface area contributed by atoms with E-state index in [1.807, 2.05) is 0 Å². The number of esters is 1. The van der Waals surface area contributed by atoms with Crippen molar-refractivity contribution in [2.75, 3.05) is 40.0 Å². The first-order valence-corrected chi connectivity index (χ1v) is 8.73. The van der Waals surface area contributed by atoms with Crippen LogP contribution in [0.1, 0.15) is 19.8 Å². The van der Waals surface area contributed by atoms with Crippen LogP contribution in [0.2, 0.25) is 10.0 Å². The summed E-state index contributed by atoms with van der Waals surface area (Å²) in [5, 5.41) is 0.947. The van der Waals surface area contributed by atoms with Crippen LogP contribution in [0.15, 0.2) is 18.2 Å². The number of ether oxygens (including phenoxy) is 3. The van der Waals surface area contributed by atoms with E-state index in [4.69, 9.17) is 37.4 Å². The fourth-order valence-electron chi connectivity index (χ4n) is 2.01. The van der Waals surface area contributed by atoms with Crippen molar-refractivity contribution in [1.82, 2.24) is 4.90 Å². The molecule has 0 atom stereocenters. The van der Waals surface area contributed by atoms with Crippen molar-refractivity contribution in [1.29, 1.82) is 0 Å². The highest BCUT2D eigenvalue weighted by Crippen LogP contribution is 2.27. The number of halogens is 2. The third kappa shape index (κ3) is 8.43. The second kappa shape index (κ2) is 12.0. The molecule has 0 heterocycles. The molecule has 0 aliphatic rings. The molecular weight excluding hydrogens is 369 g/mol. The predicted octanol–water partition coefficient (Wildman–Crippen LogP) is 3.19. The summed E-state index contributed by atoms with van der Waals surface area (Å²) in [6.07, 6.45) is 0.735. The molecule has 0 spiro atoms. The second-order valence-electron chi connectivity index (χ2n) is 5.14. The molecule has 0 aromatic heterocycles. The molecule has 0 aliphatic carbocycles. The summed E-state index contributed by atoms with van der Waals surface area (Å²) in [6.45, 7) is 2.92. The quantitative estimate of drug-likeness (QED) is 0.428. The first-order chi connectivity index (χ1) is 12.0. The Balaban J connectivity index is 2.43. The van der Waals surface area contributed by atoms with Gasteiger partial charge in [0.2, 0.25) is 5.91 Å². The maximum Gasteiger partial charge on any atom is 0.325 e. The molecule has 0 aliphatic heterocycles. The van der Waals surface area contributed by atoms with Crippen molar-refractivity contribution in [3.8, 4) is 5.75 Å². The van der Waals surface area contributed by atoms with Gasteiger partial charge in [-0.15, -0.1) is 0 Å². The first-order valence-electron chi connectivity index (χ1n) is 7.98. The molecule has 0 N–H and O–H groups in total. The van der Waals surface area contributed by atoms with E-state index in [9.17, 15) is 9.59 Å². The number of nitrogens with zero attached hydrogens (tertiary/aromatic N) is 1. The van der Waals surface area contributed by atoms with E-state index in [1.165, 1.54) is 12.0 Å². The minimum Gasteiger partial charge on any atom is -0.492 e. The first kappa shape index (κ1) is 21.5. The van der Waals surface area contributed by atoms with Crippen molar-refractivity contribution in [3.63, 3.8) is 0 Å². The number of carbonyl (C=O) groups excluding carboxylic acids is 2. The van der Waals surface area contributed by atoms with Crippen LogP contribution in [0.5, 0.6) is 5.75 Å². The fourth-order valence-corrected chi connectivity index (χ4v) is 2.47. The number of hydrogen-bond donors (Lipinski definition) is 0. The Morgan fingerprint density at radius 1 is 1.20 bits per heavy atom. The highest BCUT2D eigenvalue weighted by atomic mass is 35.5. The zero-order valence-corrected chi connectivity index (χ0v) is 15.9. The van der Waals surface area contributed by atoms with Crippen LogP contribution in [0.4, 0.5) is 0 Å². The maximum atomic E-state index is 12.3. The summed E-state index contributed by atoms with van der Waals surface area (Å²) in [5.41, 5.74) is 0. The van der Waals surface area contributed by atoms with Crippen LogP contribution in [-0.4, -0.2) is 56.8 Å². The van der Waals surface area contributed by atoms with Gasteiger partial charge in [0, 0.05) is 25.1 Å². The highest BCUT2D eigenvalue weighted by molar-refractivity contribution is 6.35. The smallest absolute Gasteiger partial charge is 0.325 e. The van der Waals surface area contributed by atoms with Crippen LogP contribution in [0, 0.1) is 0 Å². The van der Waals surface area contributed by atoms with Crippen LogP contribution in [0.3, 0.4) is 0 Å². The lowest BCUT2D eigenvalue weighted by molar-refractivity contribution is -0.149. The maximum absolute atomic E-state index is 12.3. The topological polar surface area (TPSA) is 65.1 Å². The molecule has 1 aromatic carbocycles. The molecule has 140 valence electrons. The van der Waals surface area contributed by atoms with Gasteiger partial charge in [0.1, 0.15) is 12.3 Å². The number of hydrogen-bond acceptors (Lipinski definition) is 5. The molecule has 8 heteroatoms. The van der Waals surface area contributed by atoms with Gasteiger partial charge in [0.05, 0.1) is 24.8 Å². The van der Waals surface area contributed by atoms with E-state index < -0.39 is 5.97 Å². The van der Waals surface area contributed by atoms with Gasteiger partial charge in [0.15, 0.2) is 0 Å². The molecule has 1 rings (SSSR count). The van der Waals surface area contributed by atoms with Crippen molar-refractivity contribution in [2.24, 2.45) is 0 Å². The Hall–Kier alpha value is -1.50. The van der Waals surface area contributed by atoms with E-state index in [0.29, 0.717) is 42.0 Å². The third-order valence-electron chi connectivity index (χ3n) is 3.23. The molecule has 0 radical (unpaired) electrons. The van der Waals surface area contributed by atoms with Gasteiger partial charge in [-0.2, -0.15) is 0 Å². The Kier molecular flexibility index (Phi) is 10.3. The van der Waals surface area contributed by atoms with E-state index in [-0.39, 0.29) is 25.5 Å². The normalized spacial score (nSPS) is 10.4. The summed E-state index contributed by atoms with van der Waals surface area (Å²) >= 11 is 11.8. The molecule has 0 unspecified atom stereocenters. The number of rotatable bonds is 11. The SMILES string of the molecule is CCOC(=O)CN(CCOC)C(=O)CCCOc1ccc(Cl)cc1Cl. The van der Waals surface area contributed by atoms with Crippen LogP contribution >= 0.6 is 23.2 Å². The van der Waals surface area contributed by atoms with E-state index in [1.54, 1.807) is 25.1 Å². The molecule has 0 saturated heterocycles. The van der Waals surface area contributed by atoms with Gasteiger partial charge in [-0.3, -0.25) is 9.59 Å². The van der Waals surface area contributed by atoms with Crippen molar-refractivity contribution < 1.29 is 23.8 Å². The van der Waals surface area contributed by atoms with E-state index in [2.05, 4.69) is 0 Å². The fraction of sp³-hybridized carbons (Fsp3) is 0.529.